The first kappa shape index (κ1) is 14.2. The van der Waals surface area contributed by atoms with E-state index in [1.807, 2.05) is 6.92 Å². The summed E-state index contributed by atoms with van der Waals surface area (Å²) in [5.74, 6) is 0.683. The van der Waals surface area contributed by atoms with Gasteiger partial charge in [-0.25, -0.2) is 0 Å². The molecule has 1 aromatic heterocycles. The van der Waals surface area contributed by atoms with Crippen molar-refractivity contribution in [1.29, 1.82) is 0 Å². The monoisotopic (exact) mass is 253 g/mol. The molecule has 1 aromatic rings. The maximum absolute atomic E-state index is 10.8. The number of rotatable bonds is 8. The third-order valence-electron chi connectivity index (χ3n) is 2.38. The third kappa shape index (κ3) is 4.20. The second-order valence-corrected chi connectivity index (χ2v) is 3.86. The van der Waals surface area contributed by atoms with E-state index in [4.69, 9.17) is 4.74 Å². The molecule has 0 aliphatic rings. The average Bonchev–Trinajstić information content (AvgIpc) is 2.35. The number of nitrogens with one attached hydrogen (secondary N) is 1. The lowest BCUT2D eigenvalue weighted by Crippen LogP contribution is -2.05. The van der Waals surface area contributed by atoms with Gasteiger partial charge in [0.15, 0.2) is 0 Å². The van der Waals surface area contributed by atoms with E-state index in [9.17, 15) is 10.1 Å². The lowest BCUT2D eigenvalue weighted by Gasteiger charge is -2.08. The van der Waals surface area contributed by atoms with Crippen molar-refractivity contribution < 1.29 is 9.66 Å². The molecule has 6 nitrogen and oxygen atoms in total. The van der Waals surface area contributed by atoms with E-state index in [-0.39, 0.29) is 11.6 Å². The van der Waals surface area contributed by atoms with E-state index < -0.39 is 4.92 Å². The molecule has 0 unspecified atom stereocenters. The molecule has 0 aliphatic carbocycles. The number of anilines is 1. The number of nitro groups is 1. The van der Waals surface area contributed by atoms with E-state index >= 15 is 0 Å². The van der Waals surface area contributed by atoms with Gasteiger partial charge in [-0.2, -0.15) is 4.98 Å². The highest BCUT2D eigenvalue weighted by molar-refractivity contribution is 5.48. The molecule has 0 aromatic carbocycles. The van der Waals surface area contributed by atoms with Gasteiger partial charge in [-0.15, -0.1) is 0 Å². The van der Waals surface area contributed by atoms with Crippen LogP contribution in [0.25, 0.3) is 0 Å². The van der Waals surface area contributed by atoms with Crippen LogP contribution in [-0.4, -0.2) is 23.1 Å². The second kappa shape index (κ2) is 7.47. The van der Waals surface area contributed by atoms with Gasteiger partial charge in [0.2, 0.25) is 0 Å². The zero-order valence-electron chi connectivity index (χ0n) is 10.8. The third-order valence-corrected chi connectivity index (χ3v) is 2.38. The van der Waals surface area contributed by atoms with Crippen LogP contribution in [0.2, 0.25) is 0 Å². The molecule has 18 heavy (non-hydrogen) atoms. The fraction of sp³-hybridized carbons (Fsp3) is 0.583. The number of aromatic nitrogens is 1. The van der Waals surface area contributed by atoms with E-state index in [2.05, 4.69) is 17.2 Å². The summed E-state index contributed by atoms with van der Waals surface area (Å²) in [6, 6.07) is 3.00. The normalized spacial score (nSPS) is 10.1. The van der Waals surface area contributed by atoms with Crippen LogP contribution in [-0.2, 0) is 0 Å². The molecule has 0 atom stereocenters. The zero-order chi connectivity index (χ0) is 13.4. The number of unbranched alkanes of at least 4 members (excludes halogenated alkanes) is 2. The van der Waals surface area contributed by atoms with Gasteiger partial charge in [0.25, 0.3) is 5.88 Å². The standard InChI is InChI=1S/C12H19N3O3/c1-3-5-6-9-18-12-10(15(16)17)7-8-11(14-12)13-4-2/h7-8H,3-6,9H2,1-2H3,(H,13,14). The van der Waals surface area contributed by atoms with Crippen molar-refractivity contribution in [2.24, 2.45) is 0 Å². The van der Waals surface area contributed by atoms with E-state index in [1.54, 1.807) is 6.07 Å². The van der Waals surface area contributed by atoms with Gasteiger partial charge >= 0.3 is 5.69 Å². The lowest BCUT2D eigenvalue weighted by atomic mass is 10.3. The van der Waals surface area contributed by atoms with Crippen LogP contribution in [0.5, 0.6) is 5.88 Å². The molecular weight excluding hydrogens is 234 g/mol. The maximum Gasteiger partial charge on any atom is 0.331 e. The van der Waals surface area contributed by atoms with Crippen molar-refractivity contribution in [3.63, 3.8) is 0 Å². The predicted octanol–water partition coefficient (Wildman–Crippen LogP) is 2.99. The van der Waals surface area contributed by atoms with E-state index in [0.29, 0.717) is 19.0 Å². The van der Waals surface area contributed by atoms with Crippen molar-refractivity contribution in [2.75, 3.05) is 18.5 Å². The Morgan fingerprint density at radius 2 is 2.17 bits per heavy atom. The molecule has 6 heteroatoms. The number of nitrogens with zero attached hydrogens (tertiary/aromatic N) is 2. The Hall–Kier alpha value is -1.85. The first-order valence-electron chi connectivity index (χ1n) is 6.21. The summed E-state index contributed by atoms with van der Waals surface area (Å²) in [6.07, 6.45) is 3.00. The molecule has 0 spiro atoms. The van der Waals surface area contributed by atoms with Crippen LogP contribution in [0, 0.1) is 10.1 Å². The molecule has 0 radical (unpaired) electrons. The first-order valence-corrected chi connectivity index (χ1v) is 6.21. The maximum atomic E-state index is 10.8. The zero-order valence-corrected chi connectivity index (χ0v) is 10.8. The molecule has 1 N–H and O–H groups in total. The van der Waals surface area contributed by atoms with Crippen molar-refractivity contribution in [2.45, 2.75) is 33.1 Å². The Bertz CT molecular complexity index is 396. The Morgan fingerprint density at radius 3 is 2.78 bits per heavy atom. The van der Waals surface area contributed by atoms with Crippen molar-refractivity contribution in [3.8, 4) is 5.88 Å². The Labute approximate surface area is 107 Å². The minimum Gasteiger partial charge on any atom is -0.473 e. The van der Waals surface area contributed by atoms with E-state index in [0.717, 1.165) is 19.3 Å². The molecule has 0 bridgehead atoms. The molecule has 0 fully saturated rings. The lowest BCUT2D eigenvalue weighted by molar-refractivity contribution is -0.386. The summed E-state index contributed by atoms with van der Waals surface area (Å²) in [7, 11) is 0. The summed E-state index contributed by atoms with van der Waals surface area (Å²) in [5, 5.41) is 13.8. The highest BCUT2D eigenvalue weighted by atomic mass is 16.6. The Kier molecular flexibility index (Phi) is 5.90. The van der Waals surface area contributed by atoms with Crippen LogP contribution in [0.4, 0.5) is 11.5 Å². The molecule has 1 rings (SSSR count). The van der Waals surface area contributed by atoms with Gasteiger partial charge in [-0.1, -0.05) is 19.8 Å². The fourth-order valence-electron chi connectivity index (χ4n) is 1.48. The van der Waals surface area contributed by atoms with Crippen molar-refractivity contribution >= 4 is 11.5 Å². The highest BCUT2D eigenvalue weighted by Crippen LogP contribution is 2.26. The summed E-state index contributed by atoms with van der Waals surface area (Å²) in [6.45, 7) is 5.19. The summed E-state index contributed by atoms with van der Waals surface area (Å²) in [4.78, 5) is 14.5. The molecule has 0 aliphatic heterocycles. The Morgan fingerprint density at radius 1 is 1.39 bits per heavy atom. The van der Waals surface area contributed by atoms with Crippen LogP contribution in [0.1, 0.15) is 33.1 Å². The van der Waals surface area contributed by atoms with Crippen LogP contribution >= 0.6 is 0 Å². The van der Waals surface area contributed by atoms with Crippen LogP contribution < -0.4 is 10.1 Å². The number of ether oxygens (including phenoxy) is 1. The Balaban J connectivity index is 2.76. The van der Waals surface area contributed by atoms with Crippen LogP contribution in [0.15, 0.2) is 12.1 Å². The minimum atomic E-state index is -0.474. The molecule has 0 saturated heterocycles. The molecular formula is C12H19N3O3. The van der Waals surface area contributed by atoms with Gasteiger partial charge in [0, 0.05) is 12.6 Å². The quantitative estimate of drug-likeness (QED) is 0.438. The van der Waals surface area contributed by atoms with Crippen molar-refractivity contribution in [1.82, 2.24) is 4.98 Å². The van der Waals surface area contributed by atoms with Gasteiger partial charge < -0.3 is 10.1 Å². The van der Waals surface area contributed by atoms with Gasteiger partial charge in [-0.3, -0.25) is 10.1 Å². The summed E-state index contributed by atoms with van der Waals surface area (Å²) >= 11 is 0. The second-order valence-electron chi connectivity index (χ2n) is 3.86. The van der Waals surface area contributed by atoms with Gasteiger partial charge in [0.1, 0.15) is 5.82 Å². The summed E-state index contributed by atoms with van der Waals surface area (Å²) < 4.78 is 5.39. The molecule has 100 valence electrons. The highest BCUT2D eigenvalue weighted by Gasteiger charge is 2.17. The van der Waals surface area contributed by atoms with Gasteiger partial charge in [-0.05, 0) is 19.4 Å². The first-order chi connectivity index (χ1) is 8.69. The number of pyridine rings is 1. The predicted molar refractivity (Wildman–Crippen MR) is 70.1 cm³/mol. The topological polar surface area (TPSA) is 77.3 Å². The number of hydrogen-bond acceptors (Lipinski definition) is 5. The van der Waals surface area contributed by atoms with Crippen molar-refractivity contribution in [3.05, 3.63) is 22.2 Å². The SMILES string of the molecule is CCCCCOc1nc(NCC)ccc1[N+](=O)[O-]. The molecule has 0 saturated carbocycles. The molecule has 0 amide bonds. The smallest absolute Gasteiger partial charge is 0.331 e. The molecule has 1 heterocycles. The minimum absolute atomic E-state index is 0.0897. The summed E-state index contributed by atoms with van der Waals surface area (Å²) in [5.41, 5.74) is -0.0897. The van der Waals surface area contributed by atoms with E-state index in [1.165, 1.54) is 6.07 Å². The largest absolute Gasteiger partial charge is 0.473 e. The van der Waals surface area contributed by atoms with Gasteiger partial charge in [0.05, 0.1) is 11.5 Å². The number of hydrogen-bond donors (Lipinski definition) is 1. The fourth-order valence-corrected chi connectivity index (χ4v) is 1.48. The average molecular weight is 253 g/mol. The van der Waals surface area contributed by atoms with Crippen LogP contribution in [0.3, 0.4) is 0 Å².